The summed E-state index contributed by atoms with van der Waals surface area (Å²) in [6.07, 6.45) is 0. The maximum absolute atomic E-state index is 13.9. The molecule has 0 amide bonds. The quantitative estimate of drug-likeness (QED) is 0.568. The SMILES string of the molecule is Nc1n[nH]c(-c2ccc([N+](=O)[O-])o2)c1-c1ccccc1F. The molecule has 0 unspecified atom stereocenters. The van der Waals surface area contributed by atoms with Crippen LogP contribution in [-0.2, 0) is 0 Å². The zero-order valence-electron chi connectivity index (χ0n) is 10.5. The van der Waals surface area contributed by atoms with Gasteiger partial charge in [-0.3, -0.25) is 15.2 Å². The number of benzene rings is 1. The number of hydrogen-bond acceptors (Lipinski definition) is 5. The maximum Gasteiger partial charge on any atom is 0.433 e. The summed E-state index contributed by atoms with van der Waals surface area (Å²) in [6.45, 7) is 0. The summed E-state index contributed by atoms with van der Waals surface area (Å²) in [6, 6.07) is 8.63. The summed E-state index contributed by atoms with van der Waals surface area (Å²) in [5.41, 5.74) is 6.58. The van der Waals surface area contributed by atoms with Gasteiger partial charge in [-0.05, 0) is 12.1 Å². The van der Waals surface area contributed by atoms with Crippen LogP contribution in [0.3, 0.4) is 0 Å². The van der Waals surface area contributed by atoms with Gasteiger partial charge in [0.2, 0.25) is 0 Å². The molecule has 0 saturated heterocycles. The molecule has 0 atom stereocenters. The molecular weight excluding hydrogens is 279 g/mol. The van der Waals surface area contributed by atoms with Gasteiger partial charge in [0.05, 0.1) is 11.6 Å². The number of nitrogen functional groups attached to an aromatic ring is 1. The van der Waals surface area contributed by atoms with Crippen molar-refractivity contribution in [1.82, 2.24) is 10.2 Å². The van der Waals surface area contributed by atoms with E-state index in [0.29, 0.717) is 5.56 Å². The fourth-order valence-electron chi connectivity index (χ4n) is 2.03. The molecule has 2 aromatic heterocycles. The first-order valence-electron chi connectivity index (χ1n) is 5.91. The molecule has 3 aromatic rings. The molecule has 0 radical (unpaired) electrons. The highest BCUT2D eigenvalue weighted by molar-refractivity contribution is 5.86. The maximum atomic E-state index is 13.9. The Morgan fingerprint density at radius 3 is 2.71 bits per heavy atom. The zero-order chi connectivity index (χ0) is 15.0. The number of nitro groups is 1. The normalized spacial score (nSPS) is 10.7. The Hall–Kier alpha value is -3.16. The minimum absolute atomic E-state index is 0.0779. The van der Waals surface area contributed by atoms with Crippen LogP contribution in [0.5, 0.6) is 0 Å². The van der Waals surface area contributed by atoms with Gasteiger partial charge < -0.3 is 10.2 Å². The summed E-state index contributed by atoms with van der Waals surface area (Å²) >= 11 is 0. The Balaban J connectivity index is 2.17. The number of H-pyrrole nitrogens is 1. The predicted molar refractivity (Wildman–Crippen MR) is 72.8 cm³/mol. The van der Waals surface area contributed by atoms with Crippen LogP contribution in [0.15, 0.2) is 40.8 Å². The van der Waals surface area contributed by atoms with Crippen molar-refractivity contribution < 1.29 is 13.7 Å². The van der Waals surface area contributed by atoms with Gasteiger partial charge in [-0.1, -0.05) is 18.2 Å². The summed E-state index contributed by atoms with van der Waals surface area (Å²) in [4.78, 5) is 10.0. The second-order valence-corrected chi connectivity index (χ2v) is 4.23. The molecule has 106 valence electrons. The molecule has 2 heterocycles. The lowest BCUT2D eigenvalue weighted by Gasteiger charge is -2.03. The van der Waals surface area contributed by atoms with E-state index < -0.39 is 16.6 Å². The van der Waals surface area contributed by atoms with Crippen LogP contribution in [0.2, 0.25) is 0 Å². The fourth-order valence-corrected chi connectivity index (χ4v) is 2.03. The first-order valence-corrected chi connectivity index (χ1v) is 5.91. The van der Waals surface area contributed by atoms with E-state index in [1.807, 2.05) is 0 Å². The van der Waals surface area contributed by atoms with Gasteiger partial charge >= 0.3 is 5.88 Å². The third-order valence-corrected chi connectivity index (χ3v) is 2.96. The van der Waals surface area contributed by atoms with Crippen LogP contribution in [0.4, 0.5) is 16.1 Å². The molecule has 0 aliphatic carbocycles. The van der Waals surface area contributed by atoms with Crippen LogP contribution in [0.1, 0.15) is 0 Å². The summed E-state index contributed by atoms with van der Waals surface area (Å²) in [5.74, 6) is -0.663. The van der Waals surface area contributed by atoms with E-state index in [-0.39, 0.29) is 22.8 Å². The van der Waals surface area contributed by atoms with Crippen molar-refractivity contribution in [1.29, 1.82) is 0 Å². The van der Waals surface area contributed by atoms with E-state index >= 15 is 0 Å². The number of hydrogen-bond donors (Lipinski definition) is 2. The molecule has 3 N–H and O–H groups in total. The Morgan fingerprint density at radius 2 is 2.05 bits per heavy atom. The van der Waals surface area contributed by atoms with Crippen LogP contribution in [0, 0.1) is 15.9 Å². The van der Waals surface area contributed by atoms with Crippen molar-refractivity contribution in [3.8, 4) is 22.6 Å². The molecule has 3 rings (SSSR count). The van der Waals surface area contributed by atoms with Crippen molar-refractivity contribution >= 4 is 11.7 Å². The highest BCUT2D eigenvalue weighted by atomic mass is 19.1. The van der Waals surface area contributed by atoms with Crippen molar-refractivity contribution in [3.05, 3.63) is 52.3 Å². The van der Waals surface area contributed by atoms with Crippen LogP contribution < -0.4 is 5.73 Å². The van der Waals surface area contributed by atoms with E-state index in [9.17, 15) is 14.5 Å². The average molecular weight is 288 g/mol. The van der Waals surface area contributed by atoms with Gasteiger partial charge in [-0.25, -0.2) is 4.39 Å². The number of nitrogens with two attached hydrogens (primary N) is 1. The second-order valence-electron chi connectivity index (χ2n) is 4.23. The van der Waals surface area contributed by atoms with Gasteiger partial charge in [0.25, 0.3) is 0 Å². The highest BCUT2D eigenvalue weighted by Crippen LogP contribution is 2.37. The van der Waals surface area contributed by atoms with Crippen molar-refractivity contribution in [2.45, 2.75) is 0 Å². The van der Waals surface area contributed by atoms with Gasteiger partial charge in [0, 0.05) is 5.56 Å². The van der Waals surface area contributed by atoms with Gasteiger partial charge in [0.1, 0.15) is 16.4 Å². The van der Waals surface area contributed by atoms with E-state index in [1.165, 1.54) is 24.3 Å². The zero-order valence-corrected chi connectivity index (χ0v) is 10.5. The third kappa shape index (κ3) is 2.12. The molecule has 0 aliphatic heterocycles. The lowest BCUT2D eigenvalue weighted by atomic mass is 10.0. The second kappa shape index (κ2) is 4.75. The number of aromatic nitrogens is 2. The number of aromatic amines is 1. The molecule has 7 nitrogen and oxygen atoms in total. The van der Waals surface area contributed by atoms with Crippen molar-refractivity contribution in [2.75, 3.05) is 5.73 Å². The molecule has 0 spiro atoms. The van der Waals surface area contributed by atoms with Gasteiger partial charge in [-0.15, -0.1) is 0 Å². The molecule has 0 aliphatic rings. The lowest BCUT2D eigenvalue weighted by Crippen LogP contribution is -1.91. The number of nitrogens with zero attached hydrogens (tertiary/aromatic N) is 2. The van der Waals surface area contributed by atoms with E-state index in [4.69, 9.17) is 10.2 Å². The molecule has 1 aromatic carbocycles. The monoisotopic (exact) mass is 288 g/mol. The number of furan rings is 1. The Kier molecular flexibility index (Phi) is 2.90. The first kappa shape index (κ1) is 12.9. The Morgan fingerprint density at radius 1 is 1.29 bits per heavy atom. The van der Waals surface area contributed by atoms with Crippen LogP contribution in [-0.4, -0.2) is 15.1 Å². The lowest BCUT2D eigenvalue weighted by molar-refractivity contribution is -0.401. The smallest absolute Gasteiger partial charge is 0.399 e. The van der Waals surface area contributed by atoms with Crippen molar-refractivity contribution in [2.24, 2.45) is 0 Å². The molecule has 0 saturated carbocycles. The predicted octanol–water partition coefficient (Wildman–Crippen LogP) is 2.97. The fraction of sp³-hybridized carbons (Fsp3) is 0. The minimum Gasteiger partial charge on any atom is -0.399 e. The topological polar surface area (TPSA) is 111 Å². The molecular formula is C13H9FN4O3. The largest absolute Gasteiger partial charge is 0.433 e. The highest BCUT2D eigenvalue weighted by Gasteiger charge is 2.22. The summed E-state index contributed by atoms with van der Waals surface area (Å²) in [7, 11) is 0. The number of rotatable bonds is 3. The minimum atomic E-state index is -0.661. The van der Waals surface area contributed by atoms with E-state index in [2.05, 4.69) is 10.2 Å². The van der Waals surface area contributed by atoms with E-state index in [0.717, 1.165) is 0 Å². The molecule has 21 heavy (non-hydrogen) atoms. The number of anilines is 1. The summed E-state index contributed by atoms with van der Waals surface area (Å²) in [5, 5.41) is 17.1. The Labute approximate surface area is 117 Å². The summed E-state index contributed by atoms with van der Waals surface area (Å²) < 4.78 is 19.0. The van der Waals surface area contributed by atoms with Crippen LogP contribution in [0.25, 0.3) is 22.6 Å². The first-order chi connectivity index (χ1) is 10.1. The average Bonchev–Trinajstić information content (AvgIpc) is 3.06. The third-order valence-electron chi connectivity index (χ3n) is 2.96. The number of nitrogens with one attached hydrogen (secondary N) is 1. The van der Waals surface area contributed by atoms with Gasteiger partial charge in [0.15, 0.2) is 11.6 Å². The Bertz CT molecular complexity index is 824. The molecule has 0 bridgehead atoms. The number of halogens is 1. The molecule has 0 fully saturated rings. The standard InChI is InChI=1S/C13H9FN4O3/c14-8-4-2-1-3-7(8)11-12(16-17-13(11)15)9-5-6-10(21-9)18(19)20/h1-6H,(H3,15,16,17). The van der Waals surface area contributed by atoms with Crippen LogP contribution >= 0.6 is 0 Å². The van der Waals surface area contributed by atoms with E-state index in [1.54, 1.807) is 12.1 Å². The van der Waals surface area contributed by atoms with Crippen molar-refractivity contribution in [3.63, 3.8) is 0 Å². The van der Waals surface area contributed by atoms with Gasteiger partial charge in [-0.2, -0.15) is 5.10 Å². The molecule has 8 heteroatoms.